The van der Waals surface area contributed by atoms with Crippen LogP contribution in [-0.4, -0.2) is 23.0 Å². The lowest BCUT2D eigenvalue weighted by atomic mass is 10.1. The van der Waals surface area contributed by atoms with Crippen molar-refractivity contribution in [3.63, 3.8) is 0 Å². The number of nitrogens with zero attached hydrogens (tertiary/aromatic N) is 1. The van der Waals surface area contributed by atoms with Gasteiger partial charge in [0.2, 0.25) is 0 Å². The predicted molar refractivity (Wildman–Crippen MR) is 108 cm³/mol. The van der Waals surface area contributed by atoms with Crippen molar-refractivity contribution in [2.45, 2.75) is 13.8 Å². The maximum absolute atomic E-state index is 12.5. The first kappa shape index (κ1) is 19.0. The van der Waals surface area contributed by atoms with Crippen molar-refractivity contribution in [2.75, 3.05) is 6.61 Å². The molecule has 0 radical (unpaired) electrons. The molecule has 6 nitrogen and oxygen atoms in total. The van der Waals surface area contributed by atoms with Gasteiger partial charge in [0.15, 0.2) is 6.61 Å². The highest BCUT2D eigenvalue weighted by molar-refractivity contribution is 9.10. The van der Waals surface area contributed by atoms with Crippen molar-refractivity contribution in [1.29, 1.82) is 0 Å². The number of fused-ring (bicyclic) bond motifs is 1. The van der Waals surface area contributed by atoms with Crippen molar-refractivity contribution in [3.8, 4) is 5.75 Å². The first-order valence-electron chi connectivity index (χ1n) is 8.40. The number of amides is 2. The minimum absolute atomic E-state index is 0.194. The number of halogens is 1. The number of carbonyl (C=O) groups is 2. The Morgan fingerprint density at radius 3 is 2.59 bits per heavy atom. The van der Waals surface area contributed by atoms with E-state index in [1.165, 1.54) is 0 Å². The van der Waals surface area contributed by atoms with Gasteiger partial charge in [-0.2, -0.15) is 0 Å². The summed E-state index contributed by atoms with van der Waals surface area (Å²) in [5.74, 6) is -0.215. The second-order valence-corrected chi connectivity index (χ2v) is 7.09. The van der Waals surface area contributed by atoms with Gasteiger partial charge in [0.05, 0.1) is 4.47 Å². The summed E-state index contributed by atoms with van der Waals surface area (Å²) in [7, 11) is 1.80. The maximum atomic E-state index is 12.5. The number of nitrogens with one attached hydrogen (secondary N) is 2. The Labute approximate surface area is 165 Å². The Balaban J connectivity index is 1.62. The van der Waals surface area contributed by atoms with Crippen molar-refractivity contribution >= 4 is 38.6 Å². The van der Waals surface area contributed by atoms with Crippen LogP contribution in [-0.2, 0) is 11.8 Å². The van der Waals surface area contributed by atoms with Gasteiger partial charge in [0, 0.05) is 18.0 Å². The van der Waals surface area contributed by atoms with Crippen LogP contribution < -0.4 is 15.6 Å². The zero-order chi connectivity index (χ0) is 19.6. The number of hydrogen-bond acceptors (Lipinski definition) is 3. The SMILES string of the molecule is Cc1ccc(C)c(OCC(=O)NNC(=O)c2c(Br)c3ccccc3n2C)c1. The lowest BCUT2D eigenvalue weighted by Crippen LogP contribution is -2.44. The largest absolute Gasteiger partial charge is 0.483 e. The Kier molecular flexibility index (Phi) is 5.51. The van der Waals surface area contributed by atoms with Crippen LogP contribution in [0, 0.1) is 13.8 Å². The summed E-state index contributed by atoms with van der Waals surface area (Å²) in [5, 5.41) is 0.926. The van der Waals surface area contributed by atoms with Gasteiger partial charge in [0.25, 0.3) is 11.8 Å². The van der Waals surface area contributed by atoms with E-state index in [4.69, 9.17) is 4.74 Å². The highest BCUT2D eigenvalue weighted by Crippen LogP contribution is 2.29. The van der Waals surface area contributed by atoms with Gasteiger partial charge in [0.1, 0.15) is 11.4 Å². The zero-order valence-electron chi connectivity index (χ0n) is 15.3. The second kappa shape index (κ2) is 7.84. The summed E-state index contributed by atoms with van der Waals surface area (Å²) >= 11 is 3.47. The number of benzene rings is 2. The molecule has 2 amide bonds. The molecule has 27 heavy (non-hydrogen) atoms. The fourth-order valence-corrected chi connectivity index (χ4v) is 3.61. The van der Waals surface area contributed by atoms with Gasteiger partial charge in [-0.15, -0.1) is 0 Å². The smallest absolute Gasteiger partial charge is 0.287 e. The van der Waals surface area contributed by atoms with E-state index in [0.29, 0.717) is 15.9 Å². The third-order valence-electron chi connectivity index (χ3n) is 4.28. The number of aromatic nitrogens is 1. The fourth-order valence-electron chi connectivity index (χ4n) is 2.83. The van der Waals surface area contributed by atoms with Crippen LogP contribution in [0.4, 0.5) is 0 Å². The molecule has 0 atom stereocenters. The molecule has 0 saturated carbocycles. The van der Waals surface area contributed by atoms with Crippen LogP contribution in [0.3, 0.4) is 0 Å². The molecule has 3 aromatic rings. The Hall–Kier alpha value is -2.80. The van der Waals surface area contributed by atoms with E-state index >= 15 is 0 Å². The van der Waals surface area contributed by atoms with Crippen LogP contribution in [0.2, 0.25) is 0 Å². The molecule has 3 rings (SSSR count). The van der Waals surface area contributed by atoms with E-state index < -0.39 is 11.8 Å². The third kappa shape index (κ3) is 3.98. The molecule has 2 aromatic carbocycles. The first-order chi connectivity index (χ1) is 12.9. The molecule has 0 unspecified atom stereocenters. The number of rotatable bonds is 4. The molecule has 2 N–H and O–H groups in total. The third-order valence-corrected chi connectivity index (χ3v) is 5.08. The summed E-state index contributed by atoms with van der Waals surface area (Å²) in [5.41, 5.74) is 8.15. The normalized spacial score (nSPS) is 10.7. The highest BCUT2D eigenvalue weighted by Gasteiger charge is 2.19. The topological polar surface area (TPSA) is 72.4 Å². The van der Waals surface area contributed by atoms with Gasteiger partial charge in [-0.1, -0.05) is 30.3 Å². The van der Waals surface area contributed by atoms with Gasteiger partial charge >= 0.3 is 0 Å². The van der Waals surface area contributed by atoms with Gasteiger partial charge in [-0.3, -0.25) is 20.4 Å². The monoisotopic (exact) mass is 429 g/mol. The molecule has 0 aliphatic rings. The van der Waals surface area contributed by atoms with Gasteiger partial charge in [-0.25, -0.2) is 0 Å². The minimum Gasteiger partial charge on any atom is -0.483 e. The molecular formula is C20H20BrN3O3. The van der Waals surface area contributed by atoms with E-state index in [2.05, 4.69) is 26.8 Å². The first-order valence-corrected chi connectivity index (χ1v) is 9.20. The molecule has 0 fully saturated rings. The number of hydrogen-bond donors (Lipinski definition) is 2. The van der Waals surface area contributed by atoms with Crippen LogP contribution in [0.15, 0.2) is 46.9 Å². The number of aryl methyl sites for hydroxylation is 3. The number of para-hydroxylation sites is 1. The van der Waals surface area contributed by atoms with E-state index in [1.807, 2.05) is 56.3 Å². The summed E-state index contributed by atoms with van der Waals surface area (Å²) < 4.78 is 7.99. The maximum Gasteiger partial charge on any atom is 0.287 e. The molecule has 0 bridgehead atoms. The molecule has 0 aliphatic carbocycles. The average molecular weight is 430 g/mol. The van der Waals surface area contributed by atoms with Crippen LogP contribution >= 0.6 is 15.9 Å². The predicted octanol–water partition coefficient (Wildman–Crippen LogP) is 3.40. The van der Waals surface area contributed by atoms with E-state index in [1.54, 1.807) is 11.6 Å². The zero-order valence-corrected chi connectivity index (χ0v) is 16.9. The molecule has 140 valence electrons. The summed E-state index contributed by atoms with van der Waals surface area (Å²) in [6.45, 7) is 3.67. The molecule has 0 saturated heterocycles. The quantitative estimate of drug-likeness (QED) is 0.624. The van der Waals surface area contributed by atoms with Crippen LogP contribution in [0.25, 0.3) is 10.9 Å². The standard InChI is InChI=1S/C20H20BrN3O3/c1-12-8-9-13(2)16(10-12)27-11-17(25)22-23-20(26)19-18(21)14-6-4-5-7-15(14)24(19)3/h4-10H,11H2,1-3H3,(H,22,25)(H,23,26). The van der Waals surface area contributed by atoms with E-state index in [-0.39, 0.29) is 6.61 Å². The molecule has 1 aromatic heterocycles. The summed E-state index contributed by atoms with van der Waals surface area (Å²) in [6.07, 6.45) is 0. The molecule has 0 spiro atoms. The summed E-state index contributed by atoms with van der Waals surface area (Å²) in [4.78, 5) is 24.5. The second-order valence-electron chi connectivity index (χ2n) is 6.30. The minimum atomic E-state index is -0.445. The molecule has 7 heteroatoms. The number of carbonyl (C=O) groups excluding carboxylic acids is 2. The Bertz CT molecular complexity index is 988. The Morgan fingerprint density at radius 2 is 1.85 bits per heavy atom. The van der Waals surface area contributed by atoms with Crippen molar-refractivity contribution in [2.24, 2.45) is 7.05 Å². The van der Waals surface area contributed by atoms with Crippen molar-refractivity contribution in [3.05, 3.63) is 63.8 Å². The van der Waals surface area contributed by atoms with Crippen molar-refractivity contribution < 1.29 is 14.3 Å². The molecular weight excluding hydrogens is 410 g/mol. The van der Waals surface area contributed by atoms with Crippen LogP contribution in [0.5, 0.6) is 5.75 Å². The number of ether oxygens (including phenoxy) is 1. The van der Waals surface area contributed by atoms with Gasteiger partial charge < -0.3 is 9.30 Å². The van der Waals surface area contributed by atoms with Crippen LogP contribution in [0.1, 0.15) is 21.6 Å². The number of hydrazine groups is 1. The lowest BCUT2D eigenvalue weighted by Gasteiger charge is -2.11. The van der Waals surface area contributed by atoms with Crippen molar-refractivity contribution in [1.82, 2.24) is 15.4 Å². The van der Waals surface area contributed by atoms with E-state index in [0.717, 1.165) is 22.0 Å². The summed E-state index contributed by atoms with van der Waals surface area (Å²) in [6, 6.07) is 13.4. The lowest BCUT2D eigenvalue weighted by molar-refractivity contribution is -0.123. The average Bonchev–Trinajstić information content (AvgIpc) is 2.91. The van der Waals surface area contributed by atoms with Gasteiger partial charge in [-0.05, 0) is 53.0 Å². The van der Waals surface area contributed by atoms with E-state index in [9.17, 15) is 9.59 Å². The molecule has 1 heterocycles. The fraction of sp³-hybridized carbons (Fsp3) is 0.200. The highest BCUT2D eigenvalue weighted by atomic mass is 79.9. The Morgan fingerprint density at radius 1 is 1.11 bits per heavy atom. The molecule has 0 aliphatic heterocycles.